The Kier molecular flexibility index (Phi) is 3.82. The molecule has 3 N–H and O–H groups in total. The van der Waals surface area contributed by atoms with E-state index in [1.807, 2.05) is 29.8 Å². The first-order chi connectivity index (χ1) is 10.1. The lowest BCUT2D eigenvalue weighted by molar-refractivity contribution is 0.102. The van der Waals surface area contributed by atoms with Gasteiger partial charge in [0.15, 0.2) is 5.69 Å². The number of halogens is 1. The number of fused-ring (bicyclic) bond motifs is 1. The summed E-state index contributed by atoms with van der Waals surface area (Å²) in [4.78, 5) is 12.4. The molecule has 0 radical (unpaired) electrons. The topological polar surface area (TPSA) is 72.9 Å². The number of nitrogens with two attached hydrogens (primary N) is 1. The Bertz CT molecular complexity index is 695. The minimum atomic E-state index is -0.203. The molecule has 2 heterocycles. The first kappa shape index (κ1) is 14.3. The molecule has 0 saturated heterocycles. The number of nitrogens with one attached hydrogen (secondary N) is 1. The minimum Gasteiger partial charge on any atom is -0.323 e. The van der Waals surface area contributed by atoms with Crippen LogP contribution in [-0.4, -0.2) is 15.7 Å². The van der Waals surface area contributed by atoms with Gasteiger partial charge in [0.2, 0.25) is 0 Å². The van der Waals surface area contributed by atoms with E-state index < -0.39 is 0 Å². The molecule has 1 aliphatic heterocycles. The number of nitrogens with zero attached hydrogens (tertiary/aromatic N) is 2. The Morgan fingerprint density at radius 1 is 1.52 bits per heavy atom. The van der Waals surface area contributed by atoms with Gasteiger partial charge in [0.25, 0.3) is 5.91 Å². The predicted molar refractivity (Wildman–Crippen MR) is 85.2 cm³/mol. The molecule has 1 aromatic carbocycles. The van der Waals surface area contributed by atoms with Crippen molar-refractivity contribution in [3.8, 4) is 0 Å². The summed E-state index contributed by atoms with van der Waals surface area (Å²) in [5.74, 6) is -0.203. The van der Waals surface area contributed by atoms with E-state index in [-0.39, 0.29) is 11.9 Å². The number of hydrogen-bond donors (Lipinski definition) is 2. The van der Waals surface area contributed by atoms with Crippen molar-refractivity contribution in [2.24, 2.45) is 5.73 Å². The lowest BCUT2D eigenvalue weighted by Gasteiger charge is -2.19. The van der Waals surface area contributed by atoms with Gasteiger partial charge in [-0.15, -0.1) is 0 Å². The summed E-state index contributed by atoms with van der Waals surface area (Å²) >= 11 is 3.46. The van der Waals surface area contributed by atoms with E-state index in [0.717, 1.165) is 40.8 Å². The minimum absolute atomic E-state index is 0.0274. The van der Waals surface area contributed by atoms with Crippen LogP contribution in [0.1, 0.15) is 40.6 Å². The molecule has 21 heavy (non-hydrogen) atoms. The van der Waals surface area contributed by atoms with Crippen LogP contribution < -0.4 is 11.1 Å². The number of carbonyl (C=O) groups is 1. The molecular weight excluding hydrogens is 332 g/mol. The van der Waals surface area contributed by atoms with Crippen molar-refractivity contribution in [1.29, 1.82) is 0 Å². The van der Waals surface area contributed by atoms with Gasteiger partial charge in [-0.1, -0.05) is 22.0 Å². The van der Waals surface area contributed by atoms with Crippen LogP contribution in [0.4, 0.5) is 5.69 Å². The monoisotopic (exact) mass is 348 g/mol. The molecule has 0 bridgehead atoms. The quantitative estimate of drug-likeness (QED) is 0.875. The summed E-state index contributed by atoms with van der Waals surface area (Å²) in [6.07, 6.45) is 1.94. The molecule has 0 fully saturated rings. The van der Waals surface area contributed by atoms with Gasteiger partial charge in [0.05, 0.1) is 5.69 Å². The fraction of sp³-hybridized carbons (Fsp3) is 0.333. The van der Waals surface area contributed by atoms with E-state index in [9.17, 15) is 4.79 Å². The molecule has 3 rings (SSSR count). The summed E-state index contributed by atoms with van der Waals surface area (Å²) in [5, 5.41) is 7.27. The molecule has 1 amide bonds. The Labute approximate surface area is 131 Å². The molecule has 0 unspecified atom stereocenters. The zero-order valence-corrected chi connectivity index (χ0v) is 13.4. The number of carbonyl (C=O) groups excluding carboxylic acids is 1. The van der Waals surface area contributed by atoms with Crippen LogP contribution in [0.3, 0.4) is 0 Å². The molecule has 110 valence electrons. The number of aromatic nitrogens is 2. The summed E-state index contributed by atoms with van der Waals surface area (Å²) < 4.78 is 2.81. The van der Waals surface area contributed by atoms with Crippen LogP contribution in [0.2, 0.25) is 0 Å². The molecule has 1 aromatic heterocycles. The molecule has 0 saturated carbocycles. The van der Waals surface area contributed by atoms with E-state index in [0.29, 0.717) is 5.69 Å². The maximum Gasteiger partial charge on any atom is 0.276 e. The highest BCUT2D eigenvalue weighted by Crippen LogP contribution is 2.25. The molecule has 5 nitrogen and oxygen atoms in total. The first-order valence-corrected chi connectivity index (χ1v) is 7.75. The van der Waals surface area contributed by atoms with Crippen LogP contribution >= 0.6 is 15.9 Å². The zero-order valence-electron chi connectivity index (χ0n) is 11.8. The number of benzene rings is 1. The van der Waals surface area contributed by atoms with Crippen molar-refractivity contribution in [2.45, 2.75) is 32.4 Å². The number of anilines is 1. The second kappa shape index (κ2) is 5.61. The highest BCUT2D eigenvalue weighted by molar-refractivity contribution is 9.10. The maximum absolute atomic E-state index is 12.4. The zero-order chi connectivity index (χ0) is 15.0. The van der Waals surface area contributed by atoms with E-state index in [4.69, 9.17) is 5.73 Å². The van der Waals surface area contributed by atoms with Crippen molar-refractivity contribution in [3.63, 3.8) is 0 Å². The van der Waals surface area contributed by atoms with Gasteiger partial charge in [0, 0.05) is 22.7 Å². The smallest absolute Gasteiger partial charge is 0.276 e. The summed E-state index contributed by atoms with van der Waals surface area (Å²) in [6, 6.07) is 7.48. The first-order valence-electron chi connectivity index (χ1n) is 6.96. The average Bonchev–Trinajstić information content (AvgIpc) is 2.89. The van der Waals surface area contributed by atoms with Gasteiger partial charge >= 0.3 is 0 Å². The second-order valence-electron chi connectivity index (χ2n) is 5.29. The Hall–Kier alpha value is -1.66. The van der Waals surface area contributed by atoms with E-state index in [1.165, 1.54) is 0 Å². The number of rotatable bonds is 2. The molecule has 1 atom stereocenters. The van der Waals surface area contributed by atoms with Crippen molar-refractivity contribution in [2.75, 3.05) is 5.32 Å². The third-order valence-electron chi connectivity index (χ3n) is 3.82. The highest BCUT2D eigenvalue weighted by Gasteiger charge is 2.22. The van der Waals surface area contributed by atoms with E-state index >= 15 is 0 Å². The van der Waals surface area contributed by atoms with Crippen LogP contribution in [0.15, 0.2) is 28.7 Å². The molecule has 1 aliphatic rings. The standard InChI is InChI=1S/C15H17BrN4O/c1-9-10(16)4-2-6-12(9)18-15(21)13-8-14-11(17)5-3-7-20(14)19-13/h2,4,6,8,11H,3,5,7,17H2,1H3,(H,18,21)/t11-/m0/s1. The van der Waals surface area contributed by atoms with Crippen LogP contribution in [0.5, 0.6) is 0 Å². The predicted octanol–water partition coefficient (Wildman–Crippen LogP) is 3.00. The molecular formula is C15H17BrN4O. The Balaban J connectivity index is 1.84. The van der Waals surface area contributed by atoms with Crippen LogP contribution in [0.25, 0.3) is 0 Å². The summed E-state index contributed by atoms with van der Waals surface area (Å²) in [6.45, 7) is 2.78. The summed E-state index contributed by atoms with van der Waals surface area (Å²) in [5.41, 5.74) is 9.19. The fourth-order valence-electron chi connectivity index (χ4n) is 2.56. The Morgan fingerprint density at radius 2 is 2.33 bits per heavy atom. The lowest BCUT2D eigenvalue weighted by Crippen LogP contribution is -2.21. The fourth-order valence-corrected chi connectivity index (χ4v) is 2.92. The average molecular weight is 349 g/mol. The highest BCUT2D eigenvalue weighted by atomic mass is 79.9. The third kappa shape index (κ3) is 2.73. The van der Waals surface area contributed by atoms with Crippen LogP contribution in [-0.2, 0) is 6.54 Å². The van der Waals surface area contributed by atoms with Crippen molar-refractivity contribution in [3.05, 3.63) is 45.7 Å². The molecule has 0 aliphatic carbocycles. The van der Waals surface area contributed by atoms with Gasteiger partial charge in [-0.25, -0.2) is 0 Å². The molecule has 0 spiro atoms. The van der Waals surface area contributed by atoms with Crippen molar-refractivity contribution < 1.29 is 4.79 Å². The number of aryl methyl sites for hydroxylation is 1. The van der Waals surface area contributed by atoms with Gasteiger partial charge in [-0.2, -0.15) is 5.10 Å². The van der Waals surface area contributed by atoms with Crippen molar-refractivity contribution >= 4 is 27.5 Å². The van der Waals surface area contributed by atoms with Gasteiger partial charge < -0.3 is 11.1 Å². The number of amides is 1. The molecule has 6 heteroatoms. The van der Waals surface area contributed by atoms with Gasteiger partial charge in [-0.05, 0) is 43.5 Å². The maximum atomic E-state index is 12.4. The van der Waals surface area contributed by atoms with Crippen LogP contribution in [0, 0.1) is 6.92 Å². The van der Waals surface area contributed by atoms with Gasteiger partial charge in [0.1, 0.15) is 0 Å². The second-order valence-corrected chi connectivity index (χ2v) is 6.15. The lowest BCUT2D eigenvalue weighted by atomic mass is 10.1. The molecule has 2 aromatic rings. The summed E-state index contributed by atoms with van der Waals surface area (Å²) in [7, 11) is 0. The normalized spacial score (nSPS) is 17.4. The largest absolute Gasteiger partial charge is 0.323 e. The van der Waals surface area contributed by atoms with Gasteiger partial charge in [-0.3, -0.25) is 9.48 Å². The SMILES string of the molecule is Cc1c(Br)cccc1NC(=O)c1cc2n(n1)CCC[C@@H]2N. The van der Waals surface area contributed by atoms with Crippen molar-refractivity contribution in [1.82, 2.24) is 9.78 Å². The number of hydrogen-bond acceptors (Lipinski definition) is 3. The third-order valence-corrected chi connectivity index (χ3v) is 4.68. The van der Waals surface area contributed by atoms with E-state index in [2.05, 4.69) is 26.3 Å². The van der Waals surface area contributed by atoms with E-state index in [1.54, 1.807) is 6.07 Å². The Morgan fingerprint density at radius 3 is 3.10 bits per heavy atom.